The normalized spacial score (nSPS) is 10.6. The first kappa shape index (κ1) is 18.5. The van der Waals surface area contributed by atoms with E-state index >= 15 is 0 Å². The molecule has 3 rings (SSSR count). The number of para-hydroxylation sites is 1. The molecule has 1 heterocycles. The monoisotopic (exact) mass is 367 g/mol. The Balaban J connectivity index is 2.04. The predicted molar refractivity (Wildman–Crippen MR) is 104 cm³/mol. The van der Waals surface area contributed by atoms with E-state index in [0.29, 0.717) is 35.6 Å². The lowest BCUT2D eigenvalue weighted by atomic mass is 10.1. The number of hydrogen-bond acceptors (Lipinski definition) is 6. The fourth-order valence-corrected chi connectivity index (χ4v) is 2.84. The molecule has 1 aromatic heterocycles. The van der Waals surface area contributed by atoms with Crippen molar-refractivity contribution in [3.05, 3.63) is 59.0 Å². The number of fused-ring (bicyclic) bond motifs is 1. The average molecular weight is 367 g/mol. The number of nitrogens with zero attached hydrogens (tertiary/aromatic N) is 1. The highest BCUT2D eigenvalue weighted by Gasteiger charge is 2.15. The zero-order chi connectivity index (χ0) is 19.4. The van der Waals surface area contributed by atoms with Gasteiger partial charge in [-0.1, -0.05) is 19.1 Å². The van der Waals surface area contributed by atoms with Crippen molar-refractivity contribution >= 4 is 28.3 Å². The molecule has 0 saturated carbocycles. The minimum absolute atomic E-state index is 0.318. The van der Waals surface area contributed by atoms with E-state index in [0.717, 1.165) is 11.1 Å². The van der Waals surface area contributed by atoms with E-state index in [1.807, 2.05) is 43.1 Å². The van der Waals surface area contributed by atoms with Crippen LogP contribution in [0.2, 0.25) is 0 Å². The molecule has 6 heteroatoms. The van der Waals surface area contributed by atoms with Gasteiger partial charge in [-0.25, -0.2) is 4.79 Å². The molecule has 6 nitrogen and oxygen atoms in total. The van der Waals surface area contributed by atoms with Crippen molar-refractivity contribution in [3.63, 3.8) is 0 Å². The van der Waals surface area contributed by atoms with Crippen LogP contribution in [0.4, 0.5) is 11.4 Å². The highest BCUT2D eigenvalue weighted by molar-refractivity contribution is 5.92. The molecule has 0 amide bonds. The molecule has 0 N–H and O–H groups in total. The van der Waals surface area contributed by atoms with Crippen molar-refractivity contribution in [1.29, 1.82) is 0 Å². The maximum atomic E-state index is 11.9. The molecule has 0 bridgehead atoms. The van der Waals surface area contributed by atoms with E-state index in [9.17, 15) is 9.59 Å². The Labute approximate surface area is 156 Å². The first-order valence-electron chi connectivity index (χ1n) is 8.68. The Morgan fingerprint density at radius 2 is 1.89 bits per heavy atom. The van der Waals surface area contributed by atoms with Crippen LogP contribution in [-0.4, -0.2) is 20.1 Å². The number of benzene rings is 2. The quantitative estimate of drug-likeness (QED) is 0.368. The molecule has 0 atom stereocenters. The molecule has 0 aliphatic heterocycles. The van der Waals surface area contributed by atoms with Gasteiger partial charge in [0.15, 0.2) is 11.5 Å². The van der Waals surface area contributed by atoms with Gasteiger partial charge in [0.2, 0.25) is 0 Å². The fourth-order valence-electron chi connectivity index (χ4n) is 2.84. The Morgan fingerprint density at radius 3 is 2.63 bits per heavy atom. The van der Waals surface area contributed by atoms with Crippen molar-refractivity contribution in [2.24, 2.45) is 0 Å². The maximum absolute atomic E-state index is 11.9. The van der Waals surface area contributed by atoms with Gasteiger partial charge in [0.05, 0.1) is 12.8 Å². The Hall–Kier alpha value is -3.28. The zero-order valence-corrected chi connectivity index (χ0v) is 15.5. The van der Waals surface area contributed by atoms with Crippen LogP contribution >= 0.6 is 0 Å². The van der Waals surface area contributed by atoms with E-state index in [-0.39, 0.29) is 5.97 Å². The summed E-state index contributed by atoms with van der Waals surface area (Å²) in [6.45, 7) is 1.91. The summed E-state index contributed by atoms with van der Waals surface area (Å²) in [4.78, 5) is 25.7. The van der Waals surface area contributed by atoms with Gasteiger partial charge in [-0.15, -0.1) is 0 Å². The van der Waals surface area contributed by atoms with Crippen molar-refractivity contribution in [2.75, 3.05) is 19.1 Å². The number of ether oxygens (including phenoxy) is 2. The molecule has 3 aromatic rings. The minimum atomic E-state index is -0.432. The van der Waals surface area contributed by atoms with Crippen LogP contribution in [0.25, 0.3) is 11.0 Å². The summed E-state index contributed by atoms with van der Waals surface area (Å²) in [5.41, 5.74) is 1.51. The molecule has 0 aliphatic carbocycles. The minimum Gasteiger partial charge on any atom is -0.493 e. The van der Waals surface area contributed by atoms with Crippen LogP contribution in [0, 0.1) is 0 Å². The smallest absolute Gasteiger partial charge is 0.338 e. The highest BCUT2D eigenvalue weighted by Crippen LogP contribution is 2.36. The first-order chi connectivity index (χ1) is 13.0. The standard InChI is InChI=1S/C21H21NO5/c1-4-7-20(23)27-19-12-14(10-11-18(19)25-3)22(2)16-13-21(24)26-17-9-6-5-8-15(16)17/h5-6,8-13H,4,7H2,1-3H3. The SMILES string of the molecule is CCCC(=O)Oc1cc(N(C)c2cc(=O)oc3ccccc23)ccc1OC. The van der Waals surface area contributed by atoms with Crippen LogP contribution in [-0.2, 0) is 4.79 Å². The topological polar surface area (TPSA) is 69.0 Å². The Kier molecular flexibility index (Phi) is 5.45. The van der Waals surface area contributed by atoms with Crippen molar-refractivity contribution in [1.82, 2.24) is 0 Å². The summed E-state index contributed by atoms with van der Waals surface area (Å²) in [7, 11) is 3.35. The van der Waals surface area contributed by atoms with E-state index in [4.69, 9.17) is 13.9 Å². The van der Waals surface area contributed by atoms with E-state index in [1.54, 1.807) is 18.2 Å². The lowest BCUT2D eigenvalue weighted by Gasteiger charge is -2.22. The number of anilines is 2. The van der Waals surface area contributed by atoms with Gasteiger partial charge in [-0.2, -0.15) is 0 Å². The van der Waals surface area contributed by atoms with Gasteiger partial charge in [0.1, 0.15) is 5.58 Å². The summed E-state index contributed by atoms with van der Waals surface area (Å²) in [6.07, 6.45) is 1.03. The van der Waals surface area contributed by atoms with Crippen LogP contribution in [0.1, 0.15) is 19.8 Å². The average Bonchev–Trinajstić information content (AvgIpc) is 2.66. The summed E-state index contributed by atoms with van der Waals surface area (Å²) in [5, 5.41) is 0.806. The second-order valence-corrected chi connectivity index (χ2v) is 6.07. The number of methoxy groups -OCH3 is 1. The molecule has 0 spiro atoms. The van der Waals surface area contributed by atoms with Crippen LogP contribution in [0.15, 0.2) is 57.7 Å². The molecule has 0 fully saturated rings. The third-order valence-electron chi connectivity index (χ3n) is 4.20. The lowest BCUT2D eigenvalue weighted by Crippen LogP contribution is -2.14. The first-order valence-corrected chi connectivity index (χ1v) is 8.68. The molecule has 0 unspecified atom stereocenters. The van der Waals surface area contributed by atoms with Crippen LogP contribution < -0.4 is 20.0 Å². The lowest BCUT2D eigenvalue weighted by molar-refractivity contribution is -0.134. The molecule has 27 heavy (non-hydrogen) atoms. The number of hydrogen-bond donors (Lipinski definition) is 0. The number of esters is 1. The van der Waals surface area contributed by atoms with Gasteiger partial charge in [-0.05, 0) is 30.7 Å². The largest absolute Gasteiger partial charge is 0.493 e. The van der Waals surface area contributed by atoms with Gasteiger partial charge >= 0.3 is 11.6 Å². The predicted octanol–water partition coefficient (Wildman–Crippen LogP) is 4.28. The third-order valence-corrected chi connectivity index (χ3v) is 4.20. The van der Waals surface area contributed by atoms with Gasteiger partial charge in [0.25, 0.3) is 0 Å². The number of carbonyl (C=O) groups excluding carboxylic acids is 1. The Morgan fingerprint density at radius 1 is 1.11 bits per heavy atom. The van der Waals surface area contributed by atoms with E-state index in [2.05, 4.69) is 0 Å². The zero-order valence-electron chi connectivity index (χ0n) is 15.5. The molecular weight excluding hydrogens is 346 g/mol. The van der Waals surface area contributed by atoms with Crippen LogP contribution in [0.5, 0.6) is 11.5 Å². The van der Waals surface area contributed by atoms with E-state index < -0.39 is 5.63 Å². The summed E-state index contributed by atoms with van der Waals surface area (Å²) in [6, 6.07) is 14.0. The summed E-state index contributed by atoms with van der Waals surface area (Å²) in [5.74, 6) is 0.489. The molecular formula is C21H21NO5. The molecule has 0 aliphatic rings. The second-order valence-electron chi connectivity index (χ2n) is 6.07. The molecule has 0 radical (unpaired) electrons. The third kappa shape index (κ3) is 3.95. The van der Waals surface area contributed by atoms with Gasteiger partial charge < -0.3 is 18.8 Å². The number of carbonyl (C=O) groups is 1. The van der Waals surface area contributed by atoms with Crippen molar-refractivity contribution in [2.45, 2.75) is 19.8 Å². The van der Waals surface area contributed by atoms with Crippen LogP contribution in [0.3, 0.4) is 0 Å². The van der Waals surface area contributed by atoms with Gasteiger partial charge in [-0.3, -0.25) is 4.79 Å². The summed E-state index contributed by atoms with van der Waals surface area (Å²) < 4.78 is 16.0. The highest BCUT2D eigenvalue weighted by atomic mass is 16.6. The number of rotatable bonds is 6. The second kappa shape index (κ2) is 7.95. The molecule has 140 valence electrons. The van der Waals surface area contributed by atoms with Gasteiger partial charge in [0, 0.05) is 36.7 Å². The van der Waals surface area contributed by atoms with Crippen molar-refractivity contribution in [3.8, 4) is 11.5 Å². The fraction of sp³-hybridized carbons (Fsp3) is 0.238. The summed E-state index contributed by atoms with van der Waals surface area (Å²) >= 11 is 0. The molecule has 2 aromatic carbocycles. The van der Waals surface area contributed by atoms with E-state index in [1.165, 1.54) is 13.2 Å². The Bertz CT molecular complexity index is 1020. The maximum Gasteiger partial charge on any atom is 0.338 e. The molecule has 0 saturated heterocycles. The van der Waals surface area contributed by atoms with Crippen molar-refractivity contribution < 1.29 is 18.7 Å².